The number of nitrogens with two attached hydrogens (primary N) is 1. The van der Waals surface area contributed by atoms with Gasteiger partial charge in [0.1, 0.15) is 0 Å². The van der Waals surface area contributed by atoms with Crippen LogP contribution in [0.15, 0.2) is 28.7 Å². The van der Waals surface area contributed by atoms with Gasteiger partial charge in [0.25, 0.3) is 0 Å². The Morgan fingerprint density at radius 2 is 1.94 bits per heavy atom. The van der Waals surface area contributed by atoms with E-state index in [-0.39, 0.29) is 11.3 Å². The molecule has 0 atom stereocenters. The first-order chi connectivity index (χ1) is 8.33. The van der Waals surface area contributed by atoms with Gasteiger partial charge >= 0.3 is 0 Å². The van der Waals surface area contributed by atoms with Crippen LogP contribution < -0.4 is 11.1 Å². The van der Waals surface area contributed by atoms with Crippen LogP contribution in [0.1, 0.15) is 32.3 Å². The van der Waals surface area contributed by atoms with Gasteiger partial charge in [-0.3, -0.25) is 4.79 Å². The van der Waals surface area contributed by atoms with E-state index in [1.165, 1.54) is 5.56 Å². The monoisotopic (exact) mass is 310 g/mol. The van der Waals surface area contributed by atoms with Crippen LogP contribution in [0.25, 0.3) is 0 Å². The summed E-state index contributed by atoms with van der Waals surface area (Å²) in [5.74, 6) is -0.0207. The van der Waals surface area contributed by atoms with Gasteiger partial charge in [-0.15, -0.1) is 0 Å². The summed E-state index contributed by atoms with van der Waals surface area (Å²) in [4.78, 5) is 11.8. The van der Waals surface area contributed by atoms with Crippen molar-refractivity contribution in [2.75, 3.05) is 6.54 Å². The maximum atomic E-state index is 11.8. The highest BCUT2D eigenvalue weighted by molar-refractivity contribution is 9.10. The molecule has 1 aliphatic rings. The Bertz CT molecular complexity index is 449. The number of benzene rings is 1. The van der Waals surface area contributed by atoms with Crippen LogP contribution in [0.2, 0.25) is 0 Å². The van der Waals surface area contributed by atoms with Crippen LogP contribution in [-0.4, -0.2) is 18.0 Å². The first-order valence-corrected chi connectivity index (χ1v) is 6.96. The van der Waals surface area contributed by atoms with Gasteiger partial charge in [0.05, 0.1) is 5.54 Å². The summed E-state index contributed by atoms with van der Waals surface area (Å²) >= 11 is 3.42. The molecule has 1 fully saturated rings. The Morgan fingerprint density at radius 3 is 2.44 bits per heavy atom. The number of nitrogens with one attached hydrogen (secondary N) is 1. The number of rotatable bonds is 4. The van der Waals surface area contributed by atoms with E-state index in [9.17, 15) is 4.79 Å². The molecule has 1 aromatic carbocycles. The van der Waals surface area contributed by atoms with Crippen molar-refractivity contribution in [3.8, 4) is 0 Å². The fourth-order valence-corrected chi connectivity index (χ4v) is 2.11. The molecule has 0 heterocycles. The summed E-state index contributed by atoms with van der Waals surface area (Å²) in [6, 6.07) is 8.19. The fraction of sp³-hybridized carbons (Fsp3) is 0.500. The molecule has 0 unspecified atom stereocenters. The minimum Gasteiger partial charge on any atom is -0.354 e. The average Bonchev–Trinajstić information content (AvgIpc) is 3.06. The average molecular weight is 311 g/mol. The van der Waals surface area contributed by atoms with Crippen molar-refractivity contribution in [3.05, 3.63) is 34.3 Å². The predicted molar refractivity (Wildman–Crippen MR) is 76.3 cm³/mol. The summed E-state index contributed by atoms with van der Waals surface area (Å²) < 4.78 is 1.06. The molecule has 18 heavy (non-hydrogen) atoms. The second-order valence-corrected chi connectivity index (χ2v) is 6.65. The van der Waals surface area contributed by atoms with Crippen LogP contribution in [0, 0.1) is 0 Å². The molecule has 0 bridgehead atoms. The third kappa shape index (κ3) is 2.93. The van der Waals surface area contributed by atoms with E-state index in [0.29, 0.717) is 6.54 Å². The van der Waals surface area contributed by atoms with Crippen molar-refractivity contribution in [1.29, 1.82) is 0 Å². The first-order valence-electron chi connectivity index (χ1n) is 6.17. The Kier molecular flexibility index (Phi) is 3.52. The molecule has 1 aromatic rings. The number of amides is 1. The smallest absolute Gasteiger partial charge is 0.240 e. The van der Waals surface area contributed by atoms with E-state index in [1.54, 1.807) is 0 Å². The highest BCUT2D eigenvalue weighted by Crippen LogP contribution is 2.32. The molecule has 0 saturated heterocycles. The molecule has 1 amide bonds. The van der Waals surface area contributed by atoms with Crippen molar-refractivity contribution in [2.24, 2.45) is 5.73 Å². The highest BCUT2D eigenvalue weighted by atomic mass is 79.9. The number of hydrogen-bond acceptors (Lipinski definition) is 2. The van der Waals surface area contributed by atoms with Gasteiger partial charge in [0, 0.05) is 16.4 Å². The minimum absolute atomic E-state index is 0.0207. The third-order valence-electron chi connectivity index (χ3n) is 3.56. The largest absolute Gasteiger partial charge is 0.354 e. The van der Waals surface area contributed by atoms with E-state index in [4.69, 9.17) is 5.73 Å². The Labute approximate surface area is 116 Å². The molecule has 1 aliphatic carbocycles. The minimum atomic E-state index is -0.588. The molecule has 0 aromatic heterocycles. The summed E-state index contributed by atoms with van der Waals surface area (Å²) in [6.07, 6.45) is 1.61. The van der Waals surface area contributed by atoms with E-state index in [1.807, 2.05) is 12.1 Å². The molecule has 1 saturated carbocycles. The maximum Gasteiger partial charge on any atom is 0.240 e. The van der Waals surface area contributed by atoms with E-state index >= 15 is 0 Å². The summed E-state index contributed by atoms with van der Waals surface area (Å²) in [5.41, 5.74) is 6.38. The number of carbonyl (C=O) groups is 1. The number of halogens is 1. The molecule has 98 valence electrons. The van der Waals surface area contributed by atoms with Gasteiger partial charge in [0.2, 0.25) is 5.91 Å². The second kappa shape index (κ2) is 4.67. The van der Waals surface area contributed by atoms with E-state index < -0.39 is 5.54 Å². The number of hydrogen-bond donors (Lipinski definition) is 2. The molecule has 3 nitrogen and oxygen atoms in total. The standard InChI is InChI=1S/C14H19BrN2O/c1-13(2,10-3-5-11(15)6-4-10)9-17-12(18)14(16)7-8-14/h3-6H,7-9,16H2,1-2H3,(H,17,18). The zero-order chi connectivity index (χ0) is 13.4. The van der Waals surface area contributed by atoms with Gasteiger partial charge in [-0.05, 0) is 30.5 Å². The van der Waals surface area contributed by atoms with Crippen molar-refractivity contribution in [2.45, 2.75) is 37.6 Å². The molecule has 0 spiro atoms. The van der Waals surface area contributed by atoms with E-state index in [0.717, 1.165) is 17.3 Å². The molecule has 0 aliphatic heterocycles. The zero-order valence-electron chi connectivity index (χ0n) is 10.8. The second-order valence-electron chi connectivity index (χ2n) is 5.73. The van der Waals surface area contributed by atoms with Crippen molar-refractivity contribution in [3.63, 3.8) is 0 Å². The van der Waals surface area contributed by atoms with Gasteiger partial charge in [0.15, 0.2) is 0 Å². The van der Waals surface area contributed by atoms with Crippen LogP contribution >= 0.6 is 15.9 Å². The molecule has 3 N–H and O–H groups in total. The zero-order valence-corrected chi connectivity index (χ0v) is 12.4. The summed E-state index contributed by atoms with van der Waals surface area (Å²) in [6.45, 7) is 4.84. The van der Waals surface area contributed by atoms with Crippen LogP contribution in [0.3, 0.4) is 0 Å². The van der Waals surface area contributed by atoms with Crippen molar-refractivity contribution >= 4 is 21.8 Å². The maximum absolute atomic E-state index is 11.8. The lowest BCUT2D eigenvalue weighted by Crippen LogP contribution is -2.46. The fourth-order valence-electron chi connectivity index (χ4n) is 1.84. The quantitative estimate of drug-likeness (QED) is 0.897. The lowest BCUT2D eigenvalue weighted by atomic mass is 9.84. The number of carbonyl (C=O) groups excluding carboxylic acids is 1. The first kappa shape index (κ1) is 13.6. The lowest BCUT2D eigenvalue weighted by molar-refractivity contribution is -0.123. The van der Waals surface area contributed by atoms with Gasteiger partial charge < -0.3 is 11.1 Å². The predicted octanol–water partition coefficient (Wildman–Crippen LogP) is 2.33. The van der Waals surface area contributed by atoms with Gasteiger partial charge in [-0.1, -0.05) is 41.9 Å². The molecule has 2 rings (SSSR count). The van der Waals surface area contributed by atoms with Crippen LogP contribution in [0.4, 0.5) is 0 Å². The Morgan fingerprint density at radius 1 is 1.39 bits per heavy atom. The molecule has 0 radical (unpaired) electrons. The van der Waals surface area contributed by atoms with Gasteiger partial charge in [-0.25, -0.2) is 0 Å². The van der Waals surface area contributed by atoms with Crippen LogP contribution in [-0.2, 0) is 10.2 Å². The van der Waals surface area contributed by atoms with Gasteiger partial charge in [-0.2, -0.15) is 0 Å². The molecular formula is C14H19BrN2O. The SMILES string of the molecule is CC(C)(CNC(=O)C1(N)CC1)c1ccc(Br)cc1. The summed E-state index contributed by atoms with van der Waals surface area (Å²) in [7, 11) is 0. The third-order valence-corrected chi connectivity index (χ3v) is 4.09. The van der Waals surface area contributed by atoms with E-state index in [2.05, 4.69) is 47.2 Å². The topological polar surface area (TPSA) is 55.1 Å². The molecule has 4 heteroatoms. The lowest BCUT2D eigenvalue weighted by Gasteiger charge is -2.26. The molecular weight excluding hydrogens is 292 g/mol. The van der Waals surface area contributed by atoms with Crippen molar-refractivity contribution in [1.82, 2.24) is 5.32 Å². The van der Waals surface area contributed by atoms with Crippen LogP contribution in [0.5, 0.6) is 0 Å². The highest BCUT2D eigenvalue weighted by Gasteiger charge is 2.46. The Hall–Kier alpha value is -0.870. The normalized spacial score (nSPS) is 17.3. The van der Waals surface area contributed by atoms with Crippen molar-refractivity contribution < 1.29 is 4.79 Å². The summed E-state index contributed by atoms with van der Waals surface area (Å²) in [5, 5.41) is 2.96. The Balaban J connectivity index is 1.98.